The molecule has 0 heterocycles. The minimum Gasteiger partial charge on any atom is -0.321 e. The van der Waals surface area contributed by atoms with Gasteiger partial charge in [0.2, 0.25) is 0 Å². The number of carbonyl (C=O) groups is 1. The first-order valence-corrected chi connectivity index (χ1v) is 7.40. The van der Waals surface area contributed by atoms with Crippen LogP contribution in [0.2, 0.25) is 15.1 Å². The third kappa shape index (κ3) is 3.54. The maximum Gasteiger partial charge on any atom is 0.256 e. The quantitative estimate of drug-likeness (QED) is 0.631. The first-order chi connectivity index (χ1) is 8.99. The van der Waals surface area contributed by atoms with E-state index in [4.69, 9.17) is 34.8 Å². The van der Waals surface area contributed by atoms with Crippen LogP contribution in [0.4, 0.5) is 5.69 Å². The van der Waals surface area contributed by atoms with Crippen molar-refractivity contribution < 1.29 is 4.79 Å². The van der Waals surface area contributed by atoms with E-state index in [9.17, 15) is 4.79 Å². The monoisotopic (exact) mass is 425 g/mol. The molecule has 1 N–H and O–H groups in total. The summed E-state index contributed by atoms with van der Waals surface area (Å²) in [4.78, 5) is 12.2. The number of nitrogens with one attached hydrogen (secondary N) is 1. The number of amides is 1. The summed E-state index contributed by atoms with van der Waals surface area (Å²) in [5.74, 6) is -0.281. The van der Waals surface area contributed by atoms with Crippen molar-refractivity contribution in [1.82, 2.24) is 0 Å². The van der Waals surface area contributed by atoms with Crippen molar-refractivity contribution in [3.8, 4) is 0 Å². The third-order valence-corrected chi connectivity index (χ3v) is 4.37. The number of benzene rings is 2. The fraction of sp³-hybridized carbons (Fsp3) is 0. The van der Waals surface area contributed by atoms with Gasteiger partial charge >= 0.3 is 0 Å². The highest BCUT2D eigenvalue weighted by Gasteiger charge is 2.13. The third-order valence-electron chi connectivity index (χ3n) is 2.37. The Balaban J connectivity index is 2.31. The summed E-state index contributed by atoms with van der Waals surface area (Å²) in [5, 5.41) is 3.92. The van der Waals surface area contributed by atoms with Gasteiger partial charge in [0, 0.05) is 8.59 Å². The number of hydrogen-bond donors (Lipinski definition) is 1. The molecule has 0 saturated heterocycles. The van der Waals surface area contributed by atoms with Crippen LogP contribution in [0.1, 0.15) is 10.4 Å². The van der Waals surface area contributed by atoms with E-state index in [0.717, 1.165) is 3.57 Å². The molecule has 1 amide bonds. The highest BCUT2D eigenvalue weighted by atomic mass is 127. The topological polar surface area (TPSA) is 29.1 Å². The average Bonchev–Trinajstić information content (AvgIpc) is 2.38. The number of halogens is 4. The molecule has 0 radical (unpaired) electrons. The second-order valence-corrected chi connectivity index (χ2v) is 6.06. The lowest BCUT2D eigenvalue weighted by molar-refractivity contribution is 0.102. The van der Waals surface area contributed by atoms with Crippen LogP contribution in [0.25, 0.3) is 0 Å². The Morgan fingerprint density at radius 1 is 1.11 bits per heavy atom. The Morgan fingerprint density at radius 3 is 2.58 bits per heavy atom. The molecule has 0 aliphatic heterocycles. The zero-order valence-electron chi connectivity index (χ0n) is 9.38. The van der Waals surface area contributed by atoms with Crippen LogP contribution in [0, 0.1) is 3.57 Å². The second kappa shape index (κ2) is 6.31. The Kier molecular flexibility index (Phi) is 4.95. The van der Waals surface area contributed by atoms with Gasteiger partial charge in [-0.3, -0.25) is 4.79 Å². The zero-order chi connectivity index (χ0) is 14.0. The van der Waals surface area contributed by atoms with Gasteiger partial charge in [-0.25, -0.2) is 0 Å². The molecule has 0 atom stereocenters. The minimum absolute atomic E-state index is 0.281. The Bertz CT molecular complexity index is 646. The van der Waals surface area contributed by atoms with Crippen molar-refractivity contribution in [2.75, 3.05) is 5.32 Å². The van der Waals surface area contributed by atoms with E-state index < -0.39 is 0 Å². The molecule has 2 rings (SSSR count). The van der Waals surface area contributed by atoms with Crippen LogP contribution in [-0.2, 0) is 0 Å². The standard InChI is InChI=1S/C13H7Cl3INO/c14-7-4-5-10(17)8(6-7)13(19)18-11-3-1-2-9(15)12(11)16/h1-6H,(H,18,19). The summed E-state index contributed by atoms with van der Waals surface area (Å²) in [6.07, 6.45) is 0. The van der Waals surface area contributed by atoms with Crippen LogP contribution < -0.4 is 5.32 Å². The van der Waals surface area contributed by atoms with Crippen molar-refractivity contribution in [3.05, 3.63) is 60.6 Å². The maximum atomic E-state index is 12.2. The fourth-order valence-corrected chi connectivity index (χ4v) is 2.56. The SMILES string of the molecule is O=C(Nc1cccc(Cl)c1Cl)c1cc(Cl)ccc1I. The van der Waals surface area contributed by atoms with Gasteiger partial charge < -0.3 is 5.32 Å². The van der Waals surface area contributed by atoms with Crippen molar-refractivity contribution in [1.29, 1.82) is 0 Å². The van der Waals surface area contributed by atoms with Gasteiger partial charge in [-0.15, -0.1) is 0 Å². The highest BCUT2D eigenvalue weighted by molar-refractivity contribution is 14.1. The Hall–Kier alpha value is -0.490. The summed E-state index contributed by atoms with van der Waals surface area (Å²) >= 11 is 19.9. The molecule has 0 saturated carbocycles. The first kappa shape index (κ1) is 14.9. The largest absolute Gasteiger partial charge is 0.321 e. The Labute approximate surface area is 139 Å². The van der Waals surface area contributed by atoms with E-state index in [0.29, 0.717) is 26.3 Å². The van der Waals surface area contributed by atoms with Crippen LogP contribution in [0.3, 0.4) is 0 Å². The molecular formula is C13H7Cl3INO. The van der Waals surface area contributed by atoms with Gasteiger partial charge in [0.25, 0.3) is 5.91 Å². The summed E-state index contributed by atoms with van der Waals surface area (Å²) in [6.45, 7) is 0. The van der Waals surface area contributed by atoms with Gasteiger partial charge in [0.1, 0.15) is 0 Å². The summed E-state index contributed by atoms with van der Waals surface area (Å²) in [5.41, 5.74) is 0.957. The summed E-state index contributed by atoms with van der Waals surface area (Å²) < 4.78 is 0.803. The summed E-state index contributed by atoms with van der Waals surface area (Å²) in [6, 6.07) is 10.2. The normalized spacial score (nSPS) is 10.3. The van der Waals surface area contributed by atoms with Crippen LogP contribution >= 0.6 is 57.4 Å². The lowest BCUT2D eigenvalue weighted by atomic mass is 10.2. The van der Waals surface area contributed by atoms with E-state index >= 15 is 0 Å². The molecule has 19 heavy (non-hydrogen) atoms. The molecule has 2 aromatic rings. The van der Waals surface area contributed by atoms with Gasteiger partial charge in [-0.1, -0.05) is 40.9 Å². The predicted molar refractivity (Wildman–Crippen MR) is 88.6 cm³/mol. The van der Waals surface area contributed by atoms with E-state index in [1.54, 1.807) is 36.4 Å². The fourth-order valence-electron chi connectivity index (χ4n) is 1.46. The molecule has 98 valence electrons. The van der Waals surface area contributed by atoms with Gasteiger partial charge in [0.05, 0.1) is 21.3 Å². The number of rotatable bonds is 2. The maximum absolute atomic E-state index is 12.2. The summed E-state index contributed by atoms with van der Waals surface area (Å²) in [7, 11) is 0. The minimum atomic E-state index is -0.281. The molecule has 0 bridgehead atoms. The zero-order valence-corrected chi connectivity index (χ0v) is 13.8. The molecule has 2 aromatic carbocycles. The molecule has 0 aliphatic rings. The molecule has 6 heteroatoms. The number of hydrogen-bond acceptors (Lipinski definition) is 1. The molecule has 0 fully saturated rings. The van der Waals surface area contributed by atoms with Gasteiger partial charge in [-0.2, -0.15) is 0 Å². The molecule has 0 unspecified atom stereocenters. The molecule has 2 nitrogen and oxygen atoms in total. The van der Waals surface area contributed by atoms with Crippen molar-refractivity contribution >= 4 is 69.0 Å². The highest BCUT2D eigenvalue weighted by Crippen LogP contribution is 2.30. The Morgan fingerprint density at radius 2 is 1.84 bits per heavy atom. The van der Waals surface area contributed by atoms with Crippen molar-refractivity contribution in [3.63, 3.8) is 0 Å². The number of anilines is 1. The average molecular weight is 426 g/mol. The molecule has 0 aromatic heterocycles. The number of carbonyl (C=O) groups excluding carboxylic acids is 1. The van der Waals surface area contributed by atoms with Crippen LogP contribution in [0.5, 0.6) is 0 Å². The van der Waals surface area contributed by atoms with E-state index in [1.807, 2.05) is 0 Å². The molecule has 0 aliphatic carbocycles. The van der Waals surface area contributed by atoms with Crippen LogP contribution in [-0.4, -0.2) is 5.91 Å². The lowest BCUT2D eigenvalue weighted by Gasteiger charge is -2.09. The smallest absolute Gasteiger partial charge is 0.256 e. The van der Waals surface area contributed by atoms with Crippen LogP contribution in [0.15, 0.2) is 36.4 Å². The predicted octanol–water partition coefficient (Wildman–Crippen LogP) is 5.50. The van der Waals surface area contributed by atoms with Gasteiger partial charge in [0.15, 0.2) is 0 Å². The second-order valence-electron chi connectivity index (χ2n) is 3.68. The van der Waals surface area contributed by atoms with Gasteiger partial charge in [-0.05, 0) is 52.9 Å². The van der Waals surface area contributed by atoms with Crippen molar-refractivity contribution in [2.45, 2.75) is 0 Å². The first-order valence-electron chi connectivity index (χ1n) is 5.19. The lowest BCUT2D eigenvalue weighted by Crippen LogP contribution is -2.13. The van der Waals surface area contributed by atoms with E-state index in [1.165, 1.54) is 0 Å². The molecule has 0 spiro atoms. The van der Waals surface area contributed by atoms with E-state index in [-0.39, 0.29) is 5.91 Å². The molecular weight excluding hydrogens is 419 g/mol. The van der Waals surface area contributed by atoms with E-state index in [2.05, 4.69) is 27.9 Å². The van der Waals surface area contributed by atoms with Crippen molar-refractivity contribution in [2.24, 2.45) is 0 Å².